The van der Waals surface area contributed by atoms with Gasteiger partial charge >= 0.3 is 5.97 Å². The van der Waals surface area contributed by atoms with Crippen LogP contribution in [0.3, 0.4) is 0 Å². The van der Waals surface area contributed by atoms with Crippen LogP contribution >= 0.6 is 0 Å². The van der Waals surface area contributed by atoms with Gasteiger partial charge in [0.2, 0.25) is 10.0 Å². The highest BCUT2D eigenvalue weighted by atomic mass is 32.2. The van der Waals surface area contributed by atoms with E-state index in [1.807, 2.05) is 0 Å². The lowest BCUT2D eigenvalue weighted by Crippen LogP contribution is -2.50. The minimum Gasteiger partial charge on any atom is -0.477 e. The zero-order chi connectivity index (χ0) is 18.7. The summed E-state index contributed by atoms with van der Waals surface area (Å²) in [4.78, 5) is 28.9. The maximum Gasteiger partial charge on any atom is 0.354 e. The van der Waals surface area contributed by atoms with Crippen molar-refractivity contribution in [1.82, 2.24) is 14.6 Å². The zero-order valence-electron chi connectivity index (χ0n) is 14.4. The number of nitrogens with one attached hydrogen (secondary N) is 1. The average molecular weight is 381 g/mol. The largest absolute Gasteiger partial charge is 0.477 e. The van der Waals surface area contributed by atoms with Crippen molar-refractivity contribution < 1.29 is 23.1 Å². The number of hydrogen-bond donors (Lipinski definition) is 2. The van der Waals surface area contributed by atoms with E-state index in [-0.39, 0.29) is 29.8 Å². The van der Waals surface area contributed by atoms with E-state index in [4.69, 9.17) is 5.11 Å². The molecule has 2 N–H and O–H groups in total. The van der Waals surface area contributed by atoms with Gasteiger partial charge in [0.15, 0.2) is 0 Å². The van der Waals surface area contributed by atoms with E-state index in [2.05, 4.69) is 9.71 Å². The van der Waals surface area contributed by atoms with Crippen molar-refractivity contribution in [3.63, 3.8) is 0 Å². The molecular formula is C17H23N3O5S. The highest BCUT2D eigenvalue weighted by molar-refractivity contribution is 7.90. The molecule has 142 valence electrons. The van der Waals surface area contributed by atoms with Gasteiger partial charge < -0.3 is 10.0 Å². The highest BCUT2D eigenvalue weighted by Crippen LogP contribution is 2.23. The number of sulfonamides is 1. The van der Waals surface area contributed by atoms with Crippen molar-refractivity contribution >= 4 is 21.9 Å². The molecule has 1 unspecified atom stereocenters. The van der Waals surface area contributed by atoms with Crippen LogP contribution in [0.15, 0.2) is 18.3 Å². The molecule has 1 amide bonds. The fraction of sp³-hybridized carbons (Fsp3) is 0.588. The van der Waals surface area contributed by atoms with Gasteiger partial charge in [-0.1, -0.05) is 12.8 Å². The molecule has 9 heteroatoms. The summed E-state index contributed by atoms with van der Waals surface area (Å²) in [5.41, 5.74) is -0.000805. The van der Waals surface area contributed by atoms with Crippen LogP contribution in [0.5, 0.6) is 0 Å². The number of pyridine rings is 1. The summed E-state index contributed by atoms with van der Waals surface area (Å²) in [7, 11) is -3.49. The summed E-state index contributed by atoms with van der Waals surface area (Å²) in [6.45, 7) is 0.574. The normalized spacial score (nSPS) is 21.7. The van der Waals surface area contributed by atoms with Crippen molar-refractivity contribution in [1.29, 1.82) is 0 Å². The minimum absolute atomic E-state index is 0.00407. The summed E-state index contributed by atoms with van der Waals surface area (Å²) >= 11 is 0. The van der Waals surface area contributed by atoms with Gasteiger partial charge in [-0.15, -0.1) is 0 Å². The number of carboxylic acid groups (broad SMARTS) is 1. The Hall–Kier alpha value is -2.00. The van der Waals surface area contributed by atoms with E-state index in [1.54, 1.807) is 0 Å². The summed E-state index contributed by atoms with van der Waals surface area (Å²) in [5.74, 6) is -1.57. The number of nitrogens with zero attached hydrogens (tertiary/aromatic N) is 2. The molecule has 1 saturated carbocycles. The molecule has 1 aliphatic heterocycles. The van der Waals surface area contributed by atoms with Gasteiger partial charge in [-0.05, 0) is 37.8 Å². The van der Waals surface area contributed by atoms with Crippen molar-refractivity contribution in [2.75, 3.05) is 13.1 Å². The number of carboxylic acids is 1. The average Bonchev–Trinajstić information content (AvgIpc) is 3.13. The Morgan fingerprint density at radius 1 is 1.19 bits per heavy atom. The third-order valence-corrected chi connectivity index (χ3v) is 6.94. The number of aromatic nitrogens is 1. The third-order valence-electron chi connectivity index (χ3n) is 5.02. The molecule has 1 aromatic heterocycles. The first-order chi connectivity index (χ1) is 12.4. The molecule has 8 nitrogen and oxygen atoms in total. The van der Waals surface area contributed by atoms with Crippen molar-refractivity contribution in [2.24, 2.45) is 0 Å². The predicted molar refractivity (Wildman–Crippen MR) is 94.4 cm³/mol. The molecule has 26 heavy (non-hydrogen) atoms. The lowest BCUT2D eigenvalue weighted by molar-refractivity contribution is 0.0690. The van der Waals surface area contributed by atoms with E-state index >= 15 is 0 Å². The molecular weight excluding hydrogens is 358 g/mol. The number of carbonyl (C=O) groups excluding carboxylic acids is 1. The second kappa shape index (κ2) is 7.71. The maximum absolute atomic E-state index is 12.7. The van der Waals surface area contributed by atoms with Crippen LogP contribution in [0.25, 0.3) is 0 Å². The van der Waals surface area contributed by atoms with E-state index in [9.17, 15) is 18.0 Å². The summed E-state index contributed by atoms with van der Waals surface area (Å²) in [6.07, 6.45) is 6.19. The number of piperidine rings is 1. The second-order valence-electron chi connectivity index (χ2n) is 6.89. The fourth-order valence-corrected chi connectivity index (χ4v) is 5.36. The highest BCUT2D eigenvalue weighted by Gasteiger charge is 2.34. The van der Waals surface area contributed by atoms with Crippen LogP contribution < -0.4 is 4.72 Å². The zero-order valence-corrected chi connectivity index (χ0v) is 15.2. The second-order valence-corrected chi connectivity index (χ2v) is 8.89. The smallest absolute Gasteiger partial charge is 0.354 e. The Morgan fingerprint density at radius 3 is 2.62 bits per heavy atom. The Kier molecular flexibility index (Phi) is 5.57. The van der Waals surface area contributed by atoms with Gasteiger partial charge in [0, 0.05) is 30.9 Å². The van der Waals surface area contributed by atoms with Gasteiger partial charge in [0.25, 0.3) is 5.91 Å². The first kappa shape index (κ1) is 18.8. The molecule has 2 heterocycles. The Morgan fingerprint density at radius 2 is 1.92 bits per heavy atom. The minimum atomic E-state index is -3.49. The molecule has 0 aromatic carbocycles. The molecule has 0 bridgehead atoms. The van der Waals surface area contributed by atoms with Crippen LogP contribution in [0, 0.1) is 0 Å². The molecule has 1 aromatic rings. The predicted octanol–water partition coefficient (Wildman–Crippen LogP) is 1.25. The lowest BCUT2D eigenvalue weighted by Gasteiger charge is -2.33. The summed E-state index contributed by atoms with van der Waals surface area (Å²) in [6, 6.07) is 2.67. The number of aromatic carboxylic acids is 1. The number of likely N-dealkylation sites (tertiary alicyclic amines) is 1. The molecule has 0 spiro atoms. The third kappa shape index (κ3) is 4.21. The first-order valence-corrected chi connectivity index (χ1v) is 10.4. The quantitative estimate of drug-likeness (QED) is 0.793. The molecule has 1 aliphatic carbocycles. The number of carbonyl (C=O) groups is 2. The van der Waals surface area contributed by atoms with Crippen LogP contribution in [0.2, 0.25) is 0 Å². The summed E-state index contributed by atoms with van der Waals surface area (Å²) in [5, 5.41) is 8.37. The summed E-state index contributed by atoms with van der Waals surface area (Å²) < 4.78 is 28.1. The van der Waals surface area contributed by atoms with Gasteiger partial charge in [0.05, 0.1) is 5.25 Å². The first-order valence-electron chi connectivity index (χ1n) is 8.86. The molecule has 0 radical (unpaired) electrons. The number of hydrogen-bond acceptors (Lipinski definition) is 5. The van der Waals surface area contributed by atoms with Crippen molar-refractivity contribution in [3.05, 3.63) is 29.6 Å². The maximum atomic E-state index is 12.7. The van der Waals surface area contributed by atoms with E-state index in [0.717, 1.165) is 25.7 Å². The Balaban J connectivity index is 1.70. The van der Waals surface area contributed by atoms with Gasteiger partial charge in [-0.25, -0.2) is 22.9 Å². The van der Waals surface area contributed by atoms with Gasteiger partial charge in [-0.3, -0.25) is 4.79 Å². The number of rotatable bonds is 5. The molecule has 1 saturated heterocycles. The molecule has 3 rings (SSSR count). The van der Waals surface area contributed by atoms with Crippen LogP contribution in [0.1, 0.15) is 59.4 Å². The van der Waals surface area contributed by atoms with E-state index < -0.39 is 21.2 Å². The number of amides is 1. The van der Waals surface area contributed by atoms with Crippen LogP contribution in [-0.4, -0.2) is 59.7 Å². The van der Waals surface area contributed by atoms with Crippen molar-refractivity contribution in [3.8, 4) is 0 Å². The van der Waals surface area contributed by atoms with Crippen molar-refractivity contribution in [2.45, 2.75) is 49.8 Å². The van der Waals surface area contributed by atoms with Gasteiger partial charge in [-0.2, -0.15) is 0 Å². The monoisotopic (exact) mass is 381 g/mol. The van der Waals surface area contributed by atoms with Crippen LogP contribution in [-0.2, 0) is 10.0 Å². The van der Waals surface area contributed by atoms with Crippen LogP contribution in [0.4, 0.5) is 0 Å². The Bertz CT molecular complexity index is 789. The molecule has 2 aliphatic rings. The fourth-order valence-electron chi connectivity index (χ4n) is 3.61. The standard InChI is InChI=1S/C17H23N3O5S/c21-16(12-7-8-18-15(10-12)17(22)23)20-9-3-6-14(11-20)26(24,25)19-13-4-1-2-5-13/h7-8,10,13-14,19H,1-6,9,11H2,(H,22,23). The van der Waals surface area contributed by atoms with E-state index in [0.29, 0.717) is 19.4 Å². The molecule has 1 atom stereocenters. The van der Waals surface area contributed by atoms with Gasteiger partial charge in [0.1, 0.15) is 5.69 Å². The topological polar surface area (TPSA) is 117 Å². The molecule has 2 fully saturated rings. The SMILES string of the molecule is O=C(O)c1cc(C(=O)N2CCCC(S(=O)(=O)NC3CCCC3)C2)ccn1. The van der Waals surface area contributed by atoms with E-state index in [1.165, 1.54) is 23.2 Å². The lowest BCUT2D eigenvalue weighted by atomic mass is 10.1. The Labute approximate surface area is 152 Å².